The van der Waals surface area contributed by atoms with Crippen LogP contribution >= 0.6 is 7.52 Å². The summed E-state index contributed by atoms with van der Waals surface area (Å²) < 4.78 is 64.1. The highest BCUT2D eigenvalue weighted by Crippen LogP contribution is 2.54. The molecule has 0 saturated carbocycles. The molecule has 0 aliphatic carbocycles. The van der Waals surface area contributed by atoms with Crippen molar-refractivity contribution in [3.8, 4) is 5.75 Å². The van der Waals surface area contributed by atoms with Gasteiger partial charge in [-0.1, -0.05) is 24.3 Å². The Bertz CT molecular complexity index is 984. The van der Waals surface area contributed by atoms with Gasteiger partial charge >= 0.3 is 13.7 Å². The van der Waals surface area contributed by atoms with Crippen LogP contribution in [-0.4, -0.2) is 41.7 Å². The molecule has 1 heterocycles. The second-order valence-corrected chi connectivity index (χ2v) is 9.66. The van der Waals surface area contributed by atoms with E-state index in [-0.39, 0.29) is 24.7 Å². The second kappa shape index (κ2) is 10.0. The molecule has 11 heteroatoms. The normalized spacial score (nSPS) is 18.5. The predicted octanol–water partition coefficient (Wildman–Crippen LogP) is 3.81. The Morgan fingerprint density at radius 3 is 2.44 bits per heavy atom. The third kappa shape index (κ3) is 5.50. The van der Waals surface area contributed by atoms with E-state index in [0.29, 0.717) is 5.75 Å². The number of benzene rings is 2. The van der Waals surface area contributed by atoms with Gasteiger partial charge in [-0.25, -0.2) is 10.2 Å². The van der Waals surface area contributed by atoms with E-state index >= 15 is 0 Å². The number of alkyl halides is 3. The number of halogens is 3. The van der Waals surface area contributed by atoms with Gasteiger partial charge in [0, 0.05) is 13.0 Å². The minimum absolute atomic E-state index is 0.0524. The zero-order valence-corrected chi connectivity index (χ0v) is 18.2. The van der Waals surface area contributed by atoms with Crippen LogP contribution in [0.5, 0.6) is 5.75 Å². The summed E-state index contributed by atoms with van der Waals surface area (Å²) >= 11 is 0. The Hall–Kier alpha value is -2.39. The molecule has 0 fully saturated rings. The van der Waals surface area contributed by atoms with E-state index in [1.54, 1.807) is 29.7 Å². The Labute approximate surface area is 183 Å². The molecule has 32 heavy (non-hydrogen) atoms. The van der Waals surface area contributed by atoms with Crippen LogP contribution in [0.25, 0.3) is 0 Å². The quantitative estimate of drug-likeness (QED) is 0.263. The van der Waals surface area contributed by atoms with Crippen molar-refractivity contribution in [2.45, 2.75) is 38.0 Å². The van der Waals surface area contributed by atoms with Crippen molar-refractivity contribution in [2.75, 3.05) is 13.7 Å². The van der Waals surface area contributed by atoms with E-state index < -0.39 is 38.7 Å². The molecular formula is C21H24F3N2O5P. The number of hydroxylamine groups is 1. The first-order valence-electron chi connectivity index (χ1n) is 9.92. The van der Waals surface area contributed by atoms with E-state index in [0.717, 1.165) is 11.1 Å². The van der Waals surface area contributed by atoms with Gasteiger partial charge in [0.15, 0.2) is 0 Å². The molecule has 1 aliphatic rings. The lowest BCUT2D eigenvalue weighted by Crippen LogP contribution is -2.49. The van der Waals surface area contributed by atoms with Gasteiger partial charge in [-0.15, -0.1) is 0 Å². The maximum atomic E-state index is 14.3. The lowest BCUT2D eigenvalue weighted by Gasteiger charge is -2.39. The van der Waals surface area contributed by atoms with Gasteiger partial charge in [-0.05, 0) is 48.2 Å². The molecule has 2 atom stereocenters. The number of fused-ring (bicyclic) bond motifs is 1. The summed E-state index contributed by atoms with van der Waals surface area (Å²) in [4.78, 5) is 12.5. The van der Waals surface area contributed by atoms with Crippen LogP contribution in [-0.2, 0) is 26.8 Å². The van der Waals surface area contributed by atoms with Crippen molar-refractivity contribution in [3.63, 3.8) is 0 Å². The monoisotopic (exact) mass is 472 g/mol. The summed E-state index contributed by atoms with van der Waals surface area (Å²) in [6, 6.07) is 12.3. The lowest BCUT2D eigenvalue weighted by atomic mass is 9.95. The molecule has 1 amide bonds. The molecule has 7 nitrogen and oxygen atoms in total. The molecule has 2 aromatic carbocycles. The van der Waals surface area contributed by atoms with Gasteiger partial charge in [-0.2, -0.15) is 13.2 Å². The van der Waals surface area contributed by atoms with Crippen LogP contribution in [0.2, 0.25) is 0 Å². The third-order valence-electron chi connectivity index (χ3n) is 5.24. The van der Waals surface area contributed by atoms with Crippen molar-refractivity contribution in [1.29, 1.82) is 0 Å². The number of rotatable bonds is 8. The zero-order valence-electron chi connectivity index (χ0n) is 17.3. The highest BCUT2D eigenvalue weighted by atomic mass is 31.2. The van der Waals surface area contributed by atoms with Crippen LogP contribution in [0.1, 0.15) is 24.0 Å². The van der Waals surface area contributed by atoms with Gasteiger partial charge in [0.2, 0.25) is 0 Å². The minimum Gasteiger partial charge on any atom is -0.497 e. The van der Waals surface area contributed by atoms with Crippen LogP contribution in [0, 0.1) is 0 Å². The summed E-state index contributed by atoms with van der Waals surface area (Å²) in [7, 11) is -2.54. The van der Waals surface area contributed by atoms with E-state index in [2.05, 4.69) is 0 Å². The van der Waals surface area contributed by atoms with E-state index in [9.17, 15) is 27.7 Å². The first-order chi connectivity index (χ1) is 15.2. The molecule has 0 saturated heterocycles. The maximum absolute atomic E-state index is 14.3. The number of hydrogen-bond donors (Lipinski definition) is 2. The number of hydrogen-bond acceptors (Lipinski definition) is 5. The van der Waals surface area contributed by atoms with Gasteiger partial charge in [0.25, 0.3) is 5.91 Å². The van der Waals surface area contributed by atoms with Gasteiger partial charge in [-0.3, -0.25) is 14.6 Å². The molecule has 0 aromatic heterocycles. The fraction of sp³-hybridized carbons (Fsp3) is 0.381. The van der Waals surface area contributed by atoms with Gasteiger partial charge < -0.3 is 9.26 Å². The molecule has 174 valence electrons. The maximum Gasteiger partial charge on any atom is 0.389 e. The van der Waals surface area contributed by atoms with Crippen molar-refractivity contribution in [3.05, 3.63) is 59.7 Å². The Morgan fingerprint density at radius 2 is 1.84 bits per heavy atom. The van der Waals surface area contributed by atoms with Crippen molar-refractivity contribution in [1.82, 2.24) is 10.2 Å². The number of carbonyl (C=O) groups is 1. The SMILES string of the molecule is COc1ccc([P@](=O)(OCCCC(F)(F)F)N2Cc3ccccc3C[C@@H]2C(=O)NO)cc1. The molecule has 3 rings (SSSR count). The largest absolute Gasteiger partial charge is 0.497 e. The zero-order chi connectivity index (χ0) is 23.4. The number of ether oxygens (including phenoxy) is 1. The summed E-state index contributed by atoms with van der Waals surface area (Å²) in [6.07, 6.45) is -5.69. The molecule has 0 spiro atoms. The van der Waals surface area contributed by atoms with Crippen LogP contribution in [0.15, 0.2) is 48.5 Å². The smallest absolute Gasteiger partial charge is 0.389 e. The highest BCUT2D eigenvalue weighted by Gasteiger charge is 2.44. The summed E-state index contributed by atoms with van der Waals surface area (Å²) in [6.45, 7) is -0.370. The average Bonchev–Trinajstić information content (AvgIpc) is 2.79. The van der Waals surface area contributed by atoms with E-state index in [1.165, 1.54) is 23.9 Å². The summed E-state index contributed by atoms with van der Waals surface area (Å²) in [5.41, 5.74) is 3.25. The fourth-order valence-corrected chi connectivity index (χ4v) is 6.01. The first kappa shape index (κ1) is 24.3. The number of carbonyl (C=O) groups excluding carboxylic acids is 1. The third-order valence-corrected chi connectivity index (χ3v) is 7.82. The Morgan fingerprint density at radius 1 is 1.19 bits per heavy atom. The molecule has 0 unspecified atom stereocenters. The summed E-state index contributed by atoms with van der Waals surface area (Å²) in [5, 5.41) is 9.47. The molecule has 0 radical (unpaired) electrons. The fourth-order valence-electron chi connectivity index (χ4n) is 3.62. The Balaban J connectivity index is 1.99. The first-order valence-corrected chi connectivity index (χ1v) is 11.5. The van der Waals surface area contributed by atoms with Crippen LogP contribution < -0.4 is 15.5 Å². The second-order valence-electron chi connectivity index (χ2n) is 7.33. The van der Waals surface area contributed by atoms with Crippen molar-refractivity contribution < 1.29 is 37.0 Å². The molecule has 1 aliphatic heterocycles. The standard InChI is InChI=1S/C21H24F3N2O5P/c1-30-17-7-9-18(10-8-17)32(29,31-12-4-11-21(22,23)24)26-14-16-6-3-2-5-15(16)13-19(26)20(27)25-28/h2-3,5-10,19,28H,4,11-14H2,1H3,(H,25,27)/t19-,32+/m1/s1. The molecular weight excluding hydrogens is 448 g/mol. The van der Waals surface area contributed by atoms with Gasteiger partial charge in [0.05, 0.1) is 19.0 Å². The molecule has 2 N–H and O–H groups in total. The van der Waals surface area contributed by atoms with E-state index in [1.807, 2.05) is 12.1 Å². The van der Waals surface area contributed by atoms with Crippen molar-refractivity contribution >= 4 is 18.7 Å². The summed E-state index contributed by atoms with van der Waals surface area (Å²) in [5.74, 6) is -0.293. The number of amides is 1. The topological polar surface area (TPSA) is 88.1 Å². The van der Waals surface area contributed by atoms with Crippen molar-refractivity contribution in [2.24, 2.45) is 0 Å². The highest BCUT2D eigenvalue weighted by molar-refractivity contribution is 7.64. The predicted molar refractivity (Wildman–Crippen MR) is 111 cm³/mol. The number of methoxy groups -OCH3 is 1. The lowest BCUT2D eigenvalue weighted by molar-refractivity contribution is -0.136. The average molecular weight is 472 g/mol. The van der Waals surface area contributed by atoms with Crippen LogP contribution in [0.3, 0.4) is 0 Å². The van der Waals surface area contributed by atoms with Crippen LogP contribution in [0.4, 0.5) is 13.2 Å². The van der Waals surface area contributed by atoms with E-state index in [4.69, 9.17) is 9.26 Å². The number of nitrogens with one attached hydrogen (secondary N) is 1. The number of nitrogens with zero attached hydrogens (tertiary/aromatic N) is 1. The molecule has 0 bridgehead atoms. The minimum atomic E-state index is -4.36. The Kier molecular flexibility index (Phi) is 7.61. The molecule has 2 aromatic rings. The van der Waals surface area contributed by atoms with Gasteiger partial charge in [0.1, 0.15) is 11.8 Å².